The first-order valence-electron chi connectivity index (χ1n) is 7.15. The van der Waals surface area contributed by atoms with E-state index in [1.165, 1.54) is 0 Å². The summed E-state index contributed by atoms with van der Waals surface area (Å²) >= 11 is 0. The third kappa shape index (κ3) is 2.70. The van der Waals surface area contributed by atoms with E-state index in [4.69, 9.17) is 13.6 Å². The van der Waals surface area contributed by atoms with Gasteiger partial charge >= 0.3 is 0 Å². The fraction of sp³-hybridized carbons (Fsp3) is 0.235. The predicted octanol–water partition coefficient (Wildman–Crippen LogP) is 3.66. The van der Waals surface area contributed by atoms with E-state index in [0.717, 1.165) is 16.7 Å². The third-order valence-electron chi connectivity index (χ3n) is 3.43. The largest absolute Gasteiger partial charge is 0.494 e. The van der Waals surface area contributed by atoms with Gasteiger partial charge in [0.1, 0.15) is 17.1 Å². The Morgan fingerprint density at radius 1 is 1.32 bits per heavy atom. The second-order valence-electron chi connectivity index (χ2n) is 4.91. The number of furan rings is 2. The SMILES string of the molecule is CCOc1ccc2oc(C(=O)NCc3ccco3)c(C)c2c1. The van der Waals surface area contributed by atoms with Gasteiger partial charge in [0.25, 0.3) is 5.91 Å². The van der Waals surface area contributed by atoms with Gasteiger partial charge in [-0.15, -0.1) is 0 Å². The third-order valence-corrected chi connectivity index (χ3v) is 3.43. The first-order chi connectivity index (χ1) is 10.7. The molecule has 5 heteroatoms. The molecule has 3 aromatic rings. The van der Waals surface area contributed by atoms with Gasteiger partial charge in [0.05, 0.1) is 19.4 Å². The minimum atomic E-state index is -0.261. The maximum absolute atomic E-state index is 12.3. The maximum Gasteiger partial charge on any atom is 0.287 e. The highest BCUT2D eigenvalue weighted by Crippen LogP contribution is 2.28. The molecule has 0 spiro atoms. The number of rotatable bonds is 5. The van der Waals surface area contributed by atoms with Crippen LogP contribution in [0.4, 0.5) is 0 Å². The molecule has 114 valence electrons. The molecular weight excluding hydrogens is 282 g/mol. The van der Waals surface area contributed by atoms with Gasteiger partial charge in [0.15, 0.2) is 5.76 Å². The molecule has 2 aromatic heterocycles. The lowest BCUT2D eigenvalue weighted by Crippen LogP contribution is -2.22. The van der Waals surface area contributed by atoms with E-state index in [2.05, 4.69) is 5.32 Å². The van der Waals surface area contributed by atoms with E-state index in [1.54, 1.807) is 18.4 Å². The lowest BCUT2D eigenvalue weighted by molar-refractivity contribution is 0.0921. The van der Waals surface area contributed by atoms with E-state index in [9.17, 15) is 4.79 Å². The van der Waals surface area contributed by atoms with Gasteiger partial charge in [-0.3, -0.25) is 4.79 Å². The molecule has 0 saturated heterocycles. The fourth-order valence-electron chi connectivity index (χ4n) is 2.33. The molecule has 1 aromatic carbocycles. The van der Waals surface area contributed by atoms with Crippen molar-refractivity contribution in [2.45, 2.75) is 20.4 Å². The molecule has 0 bridgehead atoms. The number of carbonyl (C=O) groups excluding carboxylic acids is 1. The summed E-state index contributed by atoms with van der Waals surface area (Å²) < 4.78 is 16.3. The summed E-state index contributed by atoms with van der Waals surface area (Å²) in [4.78, 5) is 12.3. The van der Waals surface area contributed by atoms with Crippen LogP contribution in [-0.2, 0) is 6.54 Å². The molecule has 1 N–H and O–H groups in total. The van der Waals surface area contributed by atoms with Crippen LogP contribution in [0.5, 0.6) is 5.75 Å². The average Bonchev–Trinajstić information content (AvgIpc) is 3.14. The summed E-state index contributed by atoms with van der Waals surface area (Å²) in [6.07, 6.45) is 1.57. The predicted molar refractivity (Wildman–Crippen MR) is 82.0 cm³/mol. The smallest absolute Gasteiger partial charge is 0.287 e. The molecule has 3 rings (SSSR count). The van der Waals surface area contributed by atoms with Crippen LogP contribution in [0.15, 0.2) is 45.4 Å². The lowest BCUT2D eigenvalue weighted by Gasteiger charge is -2.02. The van der Waals surface area contributed by atoms with Crippen molar-refractivity contribution in [3.8, 4) is 5.75 Å². The Bertz CT molecular complexity index is 786. The van der Waals surface area contributed by atoms with Crippen LogP contribution in [0, 0.1) is 6.92 Å². The summed E-state index contributed by atoms with van der Waals surface area (Å²) in [6, 6.07) is 9.13. The quantitative estimate of drug-likeness (QED) is 0.780. The van der Waals surface area contributed by atoms with E-state index in [1.807, 2.05) is 32.0 Å². The lowest BCUT2D eigenvalue weighted by atomic mass is 10.1. The number of fused-ring (bicyclic) bond motifs is 1. The molecule has 0 aliphatic rings. The number of nitrogens with one attached hydrogen (secondary N) is 1. The van der Waals surface area contributed by atoms with Crippen molar-refractivity contribution in [2.24, 2.45) is 0 Å². The molecule has 0 radical (unpaired) electrons. The van der Waals surface area contributed by atoms with Gasteiger partial charge in [-0.2, -0.15) is 0 Å². The van der Waals surface area contributed by atoms with Crippen molar-refractivity contribution in [1.29, 1.82) is 0 Å². The topological polar surface area (TPSA) is 64.6 Å². The molecule has 22 heavy (non-hydrogen) atoms. The highest BCUT2D eigenvalue weighted by Gasteiger charge is 2.18. The highest BCUT2D eigenvalue weighted by atomic mass is 16.5. The van der Waals surface area contributed by atoms with E-state index in [-0.39, 0.29) is 5.91 Å². The molecule has 0 unspecified atom stereocenters. The number of amides is 1. The van der Waals surface area contributed by atoms with Crippen LogP contribution >= 0.6 is 0 Å². The van der Waals surface area contributed by atoms with Gasteiger partial charge in [-0.05, 0) is 44.2 Å². The minimum absolute atomic E-state index is 0.261. The van der Waals surface area contributed by atoms with Crippen LogP contribution < -0.4 is 10.1 Å². The van der Waals surface area contributed by atoms with Crippen molar-refractivity contribution in [2.75, 3.05) is 6.61 Å². The Balaban J connectivity index is 1.83. The molecule has 0 fully saturated rings. The van der Waals surface area contributed by atoms with Crippen LogP contribution in [-0.4, -0.2) is 12.5 Å². The molecule has 2 heterocycles. The Labute approximate surface area is 127 Å². The number of hydrogen-bond donors (Lipinski definition) is 1. The normalized spacial score (nSPS) is 10.8. The molecule has 1 amide bonds. The summed E-state index contributed by atoms with van der Waals surface area (Å²) in [7, 11) is 0. The van der Waals surface area contributed by atoms with E-state index >= 15 is 0 Å². The number of hydrogen-bond acceptors (Lipinski definition) is 4. The Morgan fingerprint density at radius 3 is 2.91 bits per heavy atom. The van der Waals surface area contributed by atoms with Crippen LogP contribution in [0.2, 0.25) is 0 Å². The molecule has 0 aliphatic heterocycles. The second kappa shape index (κ2) is 5.97. The monoisotopic (exact) mass is 299 g/mol. The number of aryl methyl sites for hydroxylation is 1. The van der Waals surface area contributed by atoms with Crippen LogP contribution in [0.1, 0.15) is 28.8 Å². The highest BCUT2D eigenvalue weighted by molar-refractivity contribution is 5.99. The van der Waals surface area contributed by atoms with Crippen molar-refractivity contribution in [1.82, 2.24) is 5.32 Å². The van der Waals surface area contributed by atoms with Gasteiger partial charge in [0, 0.05) is 10.9 Å². The van der Waals surface area contributed by atoms with Gasteiger partial charge in [-0.25, -0.2) is 0 Å². The summed E-state index contributed by atoms with van der Waals surface area (Å²) in [5.41, 5.74) is 1.47. The first-order valence-corrected chi connectivity index (χ1v) is 7.15. The van der Waals surface area contributed by atoms with Crippen molar-refractivity contribution >= 4 is 16.9 Å². The molecule has 0 saturated carbocycles. The number of carbonyl (C=O) groups is 1. The molecule has 0 aliphatic carbocycles. The molecular formula is C17H17NO4. The molecule has 0 atom stereocenters. The Hall–Kier alpha value is -2.69. The Morgan fingerprint density at radius 2 is 2.18 bits per heavy atom. The van der Waals surface area contributed by atoms with Crippen LogP contribution in [0.25, 0.3) is 11.0 Å². The summed E-state index contributed by atoms with van der Waals surface area (Å²) in [6.45, 7) is 4.72. The van der Waals surface area contributed by atoms with Gasteiger partial charge < -0.3 is 18.9 Å². The van der Waals surface area contributed by atoms with E-state index in [0.29, 0.717) is 30.3 Å². The van der Waals surface area contributed by atoms with Gasteiger partial charge in [0.2, 0.25) is 0 Å². The zero-order chi connectivity index (χ0) is 15.5. The van der Waals surface area contributed by atoms with E-state index < -0.39 is 0 Å². The van der Waals surface area contributed by atoms with Crippen molar-refractivity contribution in [3.05, 3.63) is 53.7 Å². The number of benzene rings is 1. The minimum Gasteiger partial charge on any atom is -0.494 e. The van der Waals surface area contributed by atoms with Crippen molar-refractivity contribution in [3.63, 3.8) is 0 Å². The summed E-state index contributed by atoms with van der Waals surface area (Å²) in [5.74, 6) is 1.51. The van der Waals surface area contributed by atoms with Crippen molar-refractivity contribution < 1.29 is 18.4 Å². The van der Waals surface area contributed by atoms with Gasteiger partial charge in [-0.1, -0.05) is 0 Å². The zero-order valence-corrected chi connectivity index (χ0v) is 12.5. The van der Waals surface area contributed by atoms with Crippen LogP contribution in [0.3, 0.4) is 0 Å². The standard InChI is InChI=1S/C17H17NO4/c1-3-20-12-6-7-15-14(9-12)11(2)16(22-15)17(19)18-10-13-5-4-8-21-13/h4-9H,3,10H2,1-2H3,(H,18,19). The maximum atomic E-state index is 12.3. The zero-order valence-electron chi connectivity index (χ0n) is 12.5. The first kappa shape index (κ1) is 14.3. The Kier molecular flexibility index (Phi) is 3.87. The second-order valence-corrected chi connectivity index (χ2v) is 4.91. The number of ether oxygens (including phenoxy) is 1. The average molecular weight is 299 g/mol. The molecule has 5 nitrogen and oxygen atoms in total. The fourth-order valence-corrected chi connectivity index (χ4v) is 2.33. The summed E-state index contributed by atoms with van der Waals surface area (Å²) in [5, 5.41) is 3.67.